The maximum absolute atomic E-state index is 5.68. The number of nitrogens with one attached hydrogen (secondary N) is 1. The number of aromatic nitrogens is 3. The molecule has 1 aromatic rings. The molecule has 0 amide bonds. The van der Waals surface area contributed by atoms with E-state index in [0.29, 0.717) is 32.3 Å². The molecule has 0 aliphatic rings. The van der Waals surface area contributed by atoms with Crippen molar-refractivity contribution in [3.05, 3.63) is 5.28 Å². The first kappa shape index (κ1) is 13.9. The molecule has 0 radical (unpaired) electrons. The second kappa shape index (κ2) is 7.99. The molecule has 0 aliphatic carbocycles. The number of halogens is 1. The Kier molecular flexibility index (Phi) is 6.53. The zero-order chi connectivity index (χ0) is 12.5. The van der Waals surface area contributed by atoms with Crippen molar-refractivity contribution in [2.45, 2.75) is 0 Å². The van der Waals surface area contributed by atoms with Crippen molar-refractivity contribution in [1.82, 2.24) is 15.0 Å². The summed E-state index contributed by atoms with van der Waals surface area (Å²) < 4.78 is 15.0. The van der Waals surface area contributed by atoms with E-state index in [2.05, 4.69) is 20.3 Å². The molecule has 0 aromatic carbocycles. The summed E-state index contributed by atoms with van der Waals surface area (Å²) in [5.74, 6) is 0.359. The normalized spacial score (nSPS) is 10.3. The highest BCUT2D eigenvalue weighted by Gasteiger charge is 2.03. The molecule has 0 fully saturated rings. The fourth-order valence-electron chi connectivity index (χ4n) is 0.982. The van der Waals surface area contributed by atoms with Gasteiger partial charge in [0.15, 0.2) is 0 Å². The van der Waals surface area contributed by atoms with Crippen molar-refractivity contribution in [2.24, 2.45) is 0 Å². The number of hydrogen-bond donors (Lipinski definition) is 1. The van der Waals surface area contributed by atoms with Crippen molar-refractivity contribution >= 4 is 17.5 Å². The lowest BCUT2D eigenvalue weighted by Gasteiger charge is -2.06. The van der Waals surface area contributed by atoms with Gasteiger partial charge in [-0.3, -0.25) is 0 Å². The molecule has 96 valence electrons. The highest BCUT2D eigenvalue weighted by atomic mass is 35.5. The predicted molar refractivity (Wildman–Crippen MR) is 62.6 cm³/mol. The average Bonchev–Trinajstić information content (AvgIpc) is 2.33. The van der Waals surface area contributed by atoms with Crippen molar-refractivity contribution < 1.29 is 14.2 Å². The predicted octanol–water partition coefficient (Wildman–Crippen LogP) is 0.609. The van der Waals surface area contributed by atoms with Crippen molar-refractivity contribution in [3.63, 3.8) is 0 Å². The Balaban J connectivity index is 2.28. The summed E-state index contributed by atoms with van der Waals surface area (Å²) in [5.41, 5.74) is 0. The summed E-state index contributed by atoms with van der Waals surface area (Å²) >= 11 is 5.68. The first-order valence-electron chi connectivity index (χ1n) is 5.02. The molecule has 1 rings (SSSR count). The van der Waals surface area contributed by atoms with Crippen LogP contribution in [0.25, 0.3) is 0 Å². The van der Waals surface area contributed by atoms with Gasteiger partial charge in [0.05, 0.1) is 26.9 Å². The van der Waals surface area contributed by atoms with E-state index in [1.807, 2.05) is 0 Å². The van der Waals surface area contributed by atoms with E-state index in [9.17, 15) is 0 Å². The van der Waals surface area contributed by atoms with Crippen LogP contribution in [0.3, 0.4) is 0 Å². The van der Waals surface area contributed by atoms with Crippen LogP contribution in [0.15, 0.2) is 0 Å². The van der Waals surface area contributed by atoms with Crippen LogP contribution in [0.4, 0.5) is 5.95 Å². The minimum absolute atomic E-state index is 0.0830. The maximum atomic E-state index is 5.68. The zero-order valence-corrected chi connectivity index (χ0v) is 10.5. The van der Waals surface area contributed by atoms with Crippen LogP contribution in [0.1, 0.15) is 0 Å². The van der Waals surface area contributed by atoms with Gasteiger partial charge in [0, 0.05) is 13.7 Å². The van der Waals surface area contributed by atoms with Gasteiger partial charge in [-0.15, -0.1) is 0 Å². The van der Waals surface area contributed by atoms with Crippen LogP contribution in [-0.4, -0.2) is 55.5 Å². The summed E-state index contributed by atoms with van der Waals surface area (Å²) in [6, 6.07) is 0.174. The van der Waals surface area contributed by atoms with Crippen LogP contribution in [0, 0.1) is 0 Å². The number of methoxy groups -OCH3 is 2. The quantitative estimate of drug-likeness (QED) is 0.688. The molecular formula is C9H15ClN4O3. The Bertz CT molecular complexity index is 340. The first-order chi connectivity index (χ1) is 8.26. The summed E-state index contributed by atoms with van der Waals surface area (Å²) in [5, 5.41) is 3.03. The first-order valence-corrected chi connectivity index (χ1v) is 5.40. The monoisotopic (exact) mass is 262 g/mol. The molecule has 0 bridgehead atoms. The molecule has 0 atom stereocenters. The third kappa shape index (κ3) is 5.62. The van der Waals surface area contributed by atoms with Crippen LogP contribution in [0.5, 0.6) is 6.01 Å². The van der Waals surface area contributed by atoms with E-state index in [-0.39, 0.29) is 11.3 Å². The molecule has 0 aliphatic heterocycles. The third-order valence-corrected chi connectivity index (χ3v) is 1.90. The second-order valence-corrected chi connectivity index (χ2v) is 3.28. The van der Waals surface area contributed by atoms with Gasteiger partial charge in [0.2, 0.25) is 11.2 Å². The minimum Gasteiger partial charge on any atom is -0.467 e. The molecule has 8 heteroatoms. The van der Waals surface area contributed by atoms with E-state index < -0.39 is 0 Å². The molecule has 7 nitrogen and oxygen atoms in total. The second-order valence-electron chi connectivity index (χ2n) is 2.95. The molecule has 0 unspecified atom stereocenters. The highest BCUT2D eigenvalue weighted by molar-refractivity contribution is 6.28. The summed E-state index contributed by atoms with van der Waals surface area (Å²) in [6.07, 6.45) is 0. The van der Waals surface area contributed by atoms with Crippen LogP contribution in [0.2, 0.25) is 5.28 Å². The topological polar surface area (TPSA) is 78.4 Å². The lowest BCUT2D eigenvalue weighted by molar-refractivity contribution is 0.0758. The molecule has 17 heavy (non-hydrogen) atoms. The lowest BCUT2D eigenvalue weighted by atomic mass is 10.6. The molecule has 0 saturated heterocycles. The van der Waals surface area contributed by atoms with E-state index in [0.717, 1.165) is 0 Å². The SMILES string of the molecule is COCCOCCNc1nc(Cl)nc(OC)n1. The molecular weight excluding hydrogens is 248 g/mol. The van der Waals surface area contributed by atoms with E-state index in [1.165, 1.54) is 7.11 Å². The van der Waals surface area contributed by atoms with Gasteiger partial charge in [-0.05, 0) is 11.6 Å². The number of hydrogen-bond acceptors (Lipinski definition) is 7. The van der Waals surface area contributed by atoms with Crippen molar-refractivity contribution in [1.29, 1.82) is 0 Å². The molecule has 1 N–H and O–H groups in total. The van der Waals surface area contributed by atoms with Gasteiger partial charge in [-0.25, -0.2) is 0 Å². The lowest BCUT2D eigenvalue weighted by Crippen LogP contribution is -2.14. The molecule has 0 spiro atoms. The van der Waals surface area contributed by atoms with Crippen molar-refractivity contribution in [3.8, 4) is 6.01 Å². The molecule has 1 aromatic heterocycles. The number of anilines is 1. The van der Waals surface area contributed by atoms with Crippen molar-refractivity contribution in [2.75, 3.05) is 45.9 Å². The smallest absolute Gasteiger partial charge is 0.322 e. The van der Waals surface area contributed by atoms with Gasteiger partial charge in [0.1, 0.15) is 0 Å². The van der Waals surface area contributed by atoms with Crippen LogP contribution < -0.4 is 10.1 Å². The van der Waals surface area contributed by atoms with Gasteiger partial charge in [-0.2, -0.15) is 15.0 Å². The standard InChI is InChI=1S/C9H15ClN4O3/c1-15-5-6-17-4-3-11-8-12-7(10)13-9(14-8)16-2/h3-6H2,1-2H3,(H,11,12,13,14). The molecule has 0 saturated carbocycles. The Hall–Kier alpha value is -1.18. The van der Waals surface area contributed by atoms with Gasteiger partial charge in [-0.1, -0.05) is 0 Å². The third-order valence-electron chi connectivity index (χ3n) is 1.73. The summed E-state index contributed by atoms with van der Waals surface area (Å²) in [7, 11) is 3.09. The van der Waals surface area contributed by atoms with E-state index in [4.69, 9.17) is 25.8 Å². The van der Waals surface area contributed by atoms with Crippen LogP contribution >= 0.6 is 11.6 Å². The fourth-order valence-corrected chi connectivity index (χ4v) is 1.13. The number of nitrogens with zero attached hydrogens (tertiary/aromatic N) is 3. The van der Waals surface area contributed by atoms with Crippen LogP contribution in [-0.2, 0) is 9.47 Å². The number of rotatable bonds is 8. The minimum atomic E-state index is 0.0830. The Morgan fingerprint density at radius 1 is 1.12 bits per heavy atom. The zero-order valence-electron chi connectivity index (χ0n) is 9.77. The summed E-state index contributed by atoms with van der Waals surface area (Å²) in [4.78, 5) is 11.6. The average molecular weight is 263 g/mol. The Morgan fingerprint density at radius 3 is 2.65 bits per heavy atom. The van der Waals surface area contributed by atoms with Gasteiger partial charge >= 0.3 is 6.01 Å². The van der Waals surface area contributed by atoms with Gasteiger partial charge in [0.25, 0.3) is 0 Å². The Labute approximate surface area is 104 Å². The Morgan fingerprint density at radius 2 is 1.94 bits per heavy atom. The summed E-state index contributed by atoms with van der Waals surface area (Å²) in [6.45, 7) is 2.22. The molecule has 1 heterocycles. The number of ether oxygens (including phenoxy) is 3. The highest BCUT2D eigenvalue weighted by Crippen LogP contribution is 2.10. The fraction of sp³-hybridized carbons (Fsp3) is 0.667. The largest absolute Gasteiger partial charge is 0.467 e. The van der Waals surface area contributed by atoms with E-state index >= 15 is 0 Å². The van der Waals surface area contributed by atoms with E-state index in [1.54, 1.807) is 7.11 Å². The van der Waals surface area contributed by atoms with Gasteiger partial charge < -0.3 is 19.5 Å². The maximum Gasteiger partial charge on any atom is 0.322 e.